The van der Waals surface area contributed by atoms with E-state index in [2.05, 4.69) is 49.1 Å². The van der Waals surface area contributed by atoms with Crippen LogP contribution >= 0.6 is 0 Å². The van der Waals surface area contributed by atoms with Crippen molar-refractivity contribution in [3.8, 4) is 0 Å². The van der Waals surface area contributed by atoms with E-state index >= 15 is 0 Å². The second kappa shape index (κ2) is 4.79. The summed E-state index contributed by atoms with van der Waals surface area (Å²) < 4.78 is 0. The highest BCUT2D eigenvalue weighted by Gasteiger charge is 2.03. The average molecular weight is 196 g/mol. The molecule has 0 N–H and O–H groups in total. The Hall–Kier alpha value is -1.56. The van der Waals surface area contributed by atoms with Crippen molar-refractivity contribution in [2.45, 2.75) is 19.3 Å². The molecule has 0 atom stereocenters. The van der Waals surface area contributed by atoms with Gasteiger partial charge in [0.05, 0.1) is 0 Å². The lowest BCUT2D eigenvalue weighted by Crippen LogP contribution is -1.85. The first-order valence-electron chi connectivity index (χ1n) is 5.49. The molecule has 0 unspecified atom stereocenters. The van der Waals surface area contributed by atoms with E-state index in [9.17, 15) is 0 Å². The summed E-state index contributed by atoms with van der Waals surface area (Å²) >= 11 is 0. The fourth-order valence-electron chi connectivity index (χ4n) is 1.80. The molecular formula is C15H16. The minimum atomic E-state index is 1.13. The summed E-state index contributed by atoms with van der Waals surface area (Å²) in [6, 6.07) is 10.4. The Labute approximate surface area is 91.6 Å². The van der Waals surface area contributed by atoms with E-state index in [1.165, 1.54) is 24.0 Å². The van der Waals surface area contributed by atoms with Gasteiger partial charge >= 0.3 is 0 Å². The maximum absolute atomic E-state index is 4.17. The van der Waals surface area contributed by atoms with Gasteiger partial charge in [-0.2, -0.15) is 0 Å². The van der Waals surface area contributed by atoms with E-state index in [1.54, 1.807) is 0 Å². The van der Waals surface area contributed by atoms with Gasteiger partial charge in [-0.05, 0) is 36.0 Å². The number of allylic oxidation sites excluding steroid dienone is 5. The molecule has 0 heterocycles. The Morgan fingerprint density at radius 3 is 2.67 bits per heavy atom. The van der Waals surface area contributed by atoms with Crippen molar-refractivity contribution < 1.29 is 0 Å². The summed E-state index contributed by atoms with van der Waals surface area (Å²) in [7, 11) is 0. The third-order valence-electron chi connectivity index (χ3n) is 2.71. The van der Waals surface area contributed by atoms with Crippen LogP contribution in [0.1, 0.15) is 24.8 Å². The van der Waals surface area contributed by atoms with Crippen LogP contribution in [0.25, 0.3) is 5.57 Å². The topological polar surface area (TPSA) is 0 Å². The van der Waals surface area contributed by atoms with Gasteiger partial charge in [0.15, 0.2) is 0 Å². The molecule has 0 bridgehead atoms. The van der Waals surface area contributed by atoms with Crippen LogP contribution in [-0.2, 0) is 0 Å². The first kappa shape index (κ1) is 9.97. The third kappa shape index (κ3) is 2.47. The number of benzene rings is 1. The van der Waals surface area contributed by atoms with Crippen molar-refractivity contribution in [1.29, 1.82) is 0 Å². The molecule has 2 rings (SSSR count). The largest absolute Gasteiger partial charge is 0.0906 e. The van der Waals surface area contributed by atoms with Crippen LogP contribution in [-0.4, -0.2) is 0 Å². The average Bonchev–Trinajstić information content (AvgIpc) is 2.58. The molecule has 0 saturated heterocycles. The Balaban J connectivity index is 2.24. The number of hydrogen-bond acceptors (Lipinski definition) is 0. The molecule has 0 nitrogen and oxygen atoms in total. The van der Waals surface area contributed by atoms with Gasteiger partial charge < -0.3 is 0 Å². The van der Waals surface area contributed by atoms with E-state index < -0.39 is 0 Å². The molecule has 0 spiro atoms. The summed E-state index contributed by atoms with van der Waals surface area (Å²) in [6.07, 6.45) is 10.3. The van der Waals surface area contributed by atoms with Crippen molar-refractivity contribution in [3.05, 3.63) is 66.3 Å². The normalized spacial score (nSPS) is 15.6. The molecular weight excluding hydrogens is 180 g/mol. The second-order valence-electron chi connectivity index (χ2n) is 3.84. The van der Waals surface area contributed by atoms with Crippen LogP contribution in [0.15, 0.2) is 60.7 Å². The molecule has 0 fully saturated rings. The zero-order chi connectivity index (χ0) is 10.5. The Bertz CT molecular complexity index is 393. The number of rotatable bonds is 2. The minimum absolute atomic E-state index is 1.13. The third-order valence-corrected chi connectivity index (χ3v) is 2.71. The smallest absolute Gasteiger partial charge is 0.0184 e. The monoisotopic (exact) mass is 196 g/mol. The van der Waals surface area contributed by atoms with Gasteiger partial charge in [-0.3, -0.25) is 0 Å². The van der Waals surface area contributed by atoms with Crippen molar-refractivity contribution in [1.82, 2.24) is 0 Å². The van der Waals surface area contributed by atoms with Crippen LogP contribution < -0.4 is 0 Å². The quantitative estimate of drug-likeness (QED) is 0.659. The molecule has 0 saturated carbocycles. The zero-order valence-corrected chi connectivity index (χ0v) is 8.95. The summed E-state index contributed by atoms with van der Waals surface area (Å²) in [4.78, 5) is 0. The molecule has 0 heteroatoms. The van der Waals surface area contributed by atoms with E-state index in [-0.39, 0.29) is 0 Å². The molecule has 0 aliphatic heterocycles. The first-order valence-corrected chi connectivity index (χ1v) is 5.49. The number of hydrogen-bond donors (Lipinski definition) is 0. The minimum Gasteiger partial charge on any atom is -0.0906 e. The second-order valence-corrected chi connectivity index (χ2v) is 3.84. The predicted molar refractivity (Wildman–Crippen MR) is 66.6 cm³/mol. The van der Waals surface area contributed by atoms with Gasteiger partial charge in [-0.1, -0.05) is 55.1 Å². The lowest BCUT2D eigenvalue weighted by Gasteiger charge is -2.06. The highest BCUT2D eigenvalue weighted by Crippen LogP contribution is 2.24. The molecule has 15 heavy (non-hydrogen) atoms. The molecule has 1 aromatic rings. The fraction of sp³-hybridized carbons (Fsp3) is 0.200. The summed E-state index contributed by atoms with van der Waals surface area (Å²) in [5.74, 6) is 0. The van der Waals surface area contributed by atoms with Crippen LogP contribution in [0.2, 0.25) is 0 Å². The summed E-state index contributed by atoms with van der Waals surface area (Å²) in [6.45, 7) is 4.17. The van der Waals surface area contributed by atoms with Gasteiger partial charge in [0, 0.05) is 0 Å². The Morgan fingerprint density at radius 2 is 1.87 bits per heavy atom. The molecule has 0 amide bonds. The van der Waals surface area contributed by atoms with Crippen LogP contribution in [0.4, 0.5) is 0 Å². The highest BCUT2D eigenvalue weighted by atomic mass is 14.1. The van der Waals surface area contributed by atoms with Crippen molar-refractivity contribution in [3.63, 3.8) is 0 Å². The molecule has 1 aliphatic carbocycles. The summed E-state index contributed by atoms with van der Waals surface area (Å²) in [5, 5.41) is 0. The fourth-order valence-corrected chi connectivity index (χ4v) is 1.80. The maximum Gasteiger partial charge on any atom is -0.0184 e. The highest BCUT2D eigenvalue weighted by molar-refractivity contribution is 5.80. The maximum atomic E-state index is 4.17. The van der Waals surface area contributed by atoms with Gasteiger partial charge in [0.2, 0.25) is 0 Å². The van der Waals surface area contributed by atoms with Crippen LogP contribution in [0.5, 0.6) is 0 Å². The Kier molecular flexibility index (Phi) is 3.18. The van der Waals surface area contributed by atoms with E-state index in [0.717, 1.165) is 12.0 Å². The van der Waals surface area contributed by atoms with Crippen molar-refractivity contribution in [2.24, 2.45) is 0 Å². The van der Waals surface area contributed by atoms with E-state index in [4.69, 9.17) is 0 Å². The SMILES string of the molecule is C=C(C1=CCCCC=C1)c1ccccc1. The molecule has 1 aliphatic rings. The van der Waals surface area contributed by atoms with Crippen LogP contribution in [0.3, 0.4) is 0 Å². The van der Waals surface area contributed by atoms with Gasteiger partial charge in [-0.25, -0.2) is 0 Å². The van der Waals surface area contributed by atoms with Crippen LogP contribution in [0, 0.1) is 0 Å². The van der Waals surface area contributed by atoms with E-state index in [1.807, 2.05) is 6.07 Å². The predicted octanol–water partition coefficient (Wildman–Crippen LogP) is 4.37. The Morgan fingerprint density at radius 1 is 1.07 bits per heavy atom. The molecule has 76 valence electrons. The van der Waals surface area contributed by atoms with Crippen molar-refractivity contribution >= 4 is 5.57 Å². The van der Waals surface area contributed by atoms with E-state index in [0.29, 0.717) is 0 Å². The molecule has 0 aromatic heterocycles. The van der Waals surface area contributed by atoms with Gasteiger partial charge in [-0.15, -0.1) is 0 Å². The molecule has 0 radical (unpaired) electrons. The lowest BCUT2D eigenvalue weighted by atomic mass is 9.99. The summed E-state index contributed by atoms with van der Waals surface area (Å²) in [5.41, 5.74) is 3.63. The van der Waals surface area contributed by atoms with Gasteiger partial charge in [0.25, 0.3) is 0 Å². The van der Waals surface area contributed by atoms with Crippen molar-refractivity contribution in [2.75, 3.05) is 0 Å². The molecule has 1 aromatic carbocycles. The van der Waals surface area contributed by atoms with Gasteiger partial charge in [0.1, 0.15) is 0 Å². The lowest BCUT2D eigenvalue weighted by molar-refractivity contribution is 0.875. The first-order chi connectivity index (χ1) is 7.38. The standard InChI is InChI=1S/C15H16/c1-13(15-11-7-4-8-12-15)14-9-5-2-3-6-10-14/h4-5,7-12H,1-3,6H2. The zero-order valence-electron chi connectivity index (χ0n) is 8.95.